The van der Waals surface area contributed by atoms with Gasteiger partial charge in [-0.15, -0.1) is 11.8 Å². The molecule has 0 saturated carbocycles. The SMILES string of the molecule is c1ccc2c(c1)NCNCS2. The minimum Gasteiger partial charge on any atom is -0.372 e. The van der Waals surface area contributed by atoms with Crippen LogP contribution in [-0.4, -0.2) is 12.5 Å². The monoisotopic (exact) mass is 166 g/mol. The molecule has 0 atom stereocenters. The molecule has 1 aromatic rings. The second-order valence-corrected chi connectivity index (χ2v) is 3.41. The minimum atomic E-state index is 0.865. The summed E-state index contributed by atoms with van der Waals surface area (Å²) in [5.41, 5.74) is 1.24. The number of fused-ring (bicyclic) bond motifs is 1. The van der Waals surface area contributed by atoms with Gasteiger partial charge in [0.15, 0.2) is 0 Å². The fourth-order valence-corrected chi connectivity index (χ4v) is 1.91. The molecule has 2 rings (SSSR count). The maximum absolute atomic E-state index is 3.29. The van der Waals surface area contributed by atoms with Crippen molar-refractivity contribution in [3.05, 3.63) is 24.3 Å². The largest absolute Gasteiger partial charge is 0.372 e. The van der Waals surface area contributed by atoms with Crippen molar-refractivity contribution in [2.75, 3.05) is 17.9 Å². The summed E-state index contributed by atoms with van der Waals surface area (Å²) >= 11 is 1.84. The molecule has 0 amide bonds. The van der Waals surface area contributed by atoms with Gasteiger partial charge < -0.3 is 5.32 Å². The third kappa shape index (κ3) is 1.49. The zero-order valence-electron chi connectivity index (χ0n) is 6.13. The molecule has 11 heavy (non-hydrogen) atoms. The van der Waals surface area contributed by atoms with Crippen LogP contribution >= 0.6 is 11.8 Å². The predicted octanol–water partition coefficient (Wildman–Crippen LogP) is 1.71. The summed E-state index contributed by atoms with van der Waals surface area (Å²) in [5.74, 6) is 0.990. The van der Waals surface area contributed by atoms with E-state index in [-0.39, 0.29) is 0 Å². The van der Waals surface area contributed by atoms with Crippen LogP contribution in [0.5, 0.6) is 0 Å². The van der Waals surface area contributed by atoms with Gasteiger partial charge in [-0.25, -0.2) is 0 Å². The quantitative estimate of drug-likeness (QED) is 0.613. The number of rotatable bonds is 0. The molecule has 1 heterocycles. The van der Waals surface area contributed by atoms with Gasteiger partial charge in [0.05, 0.1) is 6.67 Å². The summed E-state index contributed by atoms with van der Waals surface area (Å²) < 4.78 is 0. The van der Waals surface area contributed by atoms with Crippen LogP contribution in [0.1, 0.15) is 0 Å². The molecule has 1 aliphatic rings. The average Bonchev–Trinajstić information content (AvgIpc) is 2.28. The Morgan fingerprint density at radius 2 is 2.18 bits per heavy atom. The van der Waals surface area contributed by atoms with Crippen LogP contribution in [0, 0.1) is 0 Å². The number of hydrogen-bond donors (Lipinski definition) is 2. The highest BCUT2D eigenvalue weighted by Gasteiger charge is 2.03. The lowest BCUT2D eigenvalue weighted by atomic mass is 10.3. The third-order valence-corrected chi connectivity index (χ3v) is 2.64. The fraction of sp³-hybridized carbons (Fsp3) is 0.250. The van der Waals surface area contributed by atoms with Crippen LogP contribution in [-0.2, 0) is 0 Å². The van der Waals surface area contributed by atoms with E-state index in [2.05, 4.69) is 34.9 Å². The van der Waals surface area contributed by atoms with Crippen molar-refractivity contribution in [3.63, 3.8) is 0 Å². The van der Waals surface area contributed by atoms with E-state index in [4.69, 9.17) is 0 Å². The van der Waals surface area contributed by atoms with Gasteiger partial charge in [-0.2, -0.15) is 0 Å². The molecule has 0 aliphatic carbocycles. The first-order chi connectivity index (χ1) is 5.47. The summed E-state index contributed by atoms with van der Waals surface area (Å²) in [7, 11) is 0. The van der Waals surface area contributed by atoms with Crippen LogP contribution in [0.2, 0.25) is 0 Å². The molecular weight excluding hydrogens is 156 g/mol. The lowest BCUT2D eigenvalue weighted by Gasteiger charge is -2.03. The molecule has 0 aromatic heterocycles. The highest BCUT2D eigenvalue weighted by Crippen LogP contribution is 2.27. The summed E-state index contributed by atoms with van der Waals surface area (Å²) in [6.45, 7) is 0.865. The van der Waals surface area contributed by atoms with Gasteiger partial charge in [0.2, 0.25) is 0 Å². The zero-order chi connectivity index (χ0) is 7.52. The molecule has 0 radical (unpaired) electrons. The van der Waals surface area contributed by atoms with Crippen molar-refractivity contribution in [2.24, 2.45) is 0 Å². The van der Waals surface area contributed by atoms with E-state index in [0.29, 0.717) is 0 Å². The number of hydrogen-bond acceptors (Lipinski definition) is 3. The second-order valence-electron chi connectivity index (χ2n) is 2.39. The van der Waals surface area contributed by atoms with E-state index >= 15 is 0 Å². The summed E-state index contributed by atoms with van der Waals surface area (Å²) in [6, 6.07) is 8.37. The standard InChI is InChI=1S/C8H10N2S/c1-2-4-8-7(3-1)10-5-9-6-11-8/h1-4,9-10H,5-6H2. The Balaban J connectivity index is 2.33. The first kappa shape index (κ1) is 7.00. The molecule has 2 nitrogen and oxygen atoms in total. The van der Waals surface area contributed by atoms with E-state index in [9.17, 15) is 0 Å². The van der Waals surface area contributed by atoms with Gasteiger partial charge in [-0.05, 0) is 12.1 Å². The predicted molar refractivity (Wildman–Crippen MR) is 48.8 cm³/mol. The van der Waals surface area contributed by atoms with Gasteiger partial charge in [-0.1, -0.05) is 12.1 Å². The Bertz CT molecular complexity index is 225. The fourth-order valence-electron chi connectivity index (χ4n) is 1.08. The smallest absolute Gasteiger partial charge is 0.0659 e. The van der Waals surface area contributed by atoms with Crippen LogP contribution in [0.25, 0.3) is 0 Å². The van der Waals surface area contributed by atoms with Crippen LogP contribution in [0.4, 0.5) is 5.69 Å². The highest BCUT2D eigenvalue weighted by molar-refractivity contribution is 7.99. The molecule has 0 saturated heterocycles. The number of nitrogens with one attached hydrogen (secondary N) is 2. The summed E-state index contributed by atoms with van der Waals surface area (Å²) in [5, 5.41) is 6.54. The van der Waals surface area contributed by atoms with Crippen LogP contribution in [0.3, 0.4) is 0 Å². The molecule has 1 aromatic carbocycles. The number of thioether (sulfide) groups is 1. The van der Waals surface area contributed by atoms with Crippen molar-refractivity contribution in [3.8, 4) is 0 Å². The molecule has 0 fully saturated rings. The molecular formula is C8H10N2S. The topological polar surface area (TPSA) is 24.1 Å². The molecule has 1 aliphatic heterocycles. The van der Waals surface area contributed by atoms with Gasteiger partial charge in [0, 0.05) is 16.5 Å². The zero-order valence-corrected chi connectivity index (χ0v) is 6.95. The number of anilines is 1. The first-order valence-corrected chi connectivity index (χ1v) is 4.62. The number of para-hydroxylation sites is 1. The lowest BCUT2D eigenvalue weighted by Crippen LogP contribution is -2.18. The molecule has 58 valence electrons. The molecule has 0 unspecified atom stereocenters. The molecule has 0 spiro atoms. The molecule has 0 bridgehead atoms. The molecule has 3 heteroatoms. The Kier molecular flexibility index (Phi) is 2.01. The maximum Gasteiger partial charge on any atom is 0.0659 e. The minimum absolute atomic E-state index is 0.865. The van der Waals surface area contributed by atoms with Crippen molar-refractivity contribution in [1.29, 1.82) is 0 Å². The average molecular weight is 166 g/mol. The van der Waals surface area contributed by atoms with Gasteiger partial charge in [0.1, 0.15) is 0 Å². The Hall–Kier alpha value is -0.670. The van der Waals surface area contributed by atoms with E-state index in [1.165, 1.54) is 10.6 Å². The van der Waals surface area contributed by atoms with Gasteiger partial charge >= 0.3 is 0 Å². The van der Waals surface area contributed by atoms with E-state index in [0.717, 1.165) is 12.5 Å². The number of benzene rings is 1. The van der Waals surface area contributed by atoms with Gasteiger partial charge in [0.25, 0.3) is 0 Å². The van der Waals surface area contributed by atoms with E-state index < -0.39 is 0 Å². The normalized spacial score (nSPS) is 16.4. The first-order valence-electron chi connectivity index (χ1n) is 3.63. The second kappa shape index (κ2) is 3.15. The van der Waals surface area contributed by atoms with Gasteiger partial charge in [-0.3, -0.25) is 5.32 Å². The Labute approximate surface area is 70.4 Å². The lowest BCUT2D eigenvalue weighted by molar-refractivity contribution is 0.856. The van der Waals surface area contributed by atoms with Crippen molar-refractivity contribution in [1.82, 2.24) is 5.32 Å². The van der Waals surface area contributed by atoms with E-state index in [1.54, 1.807) is 0 Å². The highest BCUT2D eigenvalue weighted by atomic mass is 32.2. The Morgan fingerprint density at radius 3 is 3.18 bits per heavy atom. The summed E-state index contributed by atoms with van der Waals surface area (Å²) in [6.07, 6.45) is 0. The van der Waals surface area contributed by atoms with Crippen LogP contribution in [0.15, 0.2) is 29.2 Å². The third-order valence-electron chi connectivity index (χ3n) is 1.62. The van der Waals surface area contributed by atoms with Crippen molar-refractivity contribution in [2.45, 2.75) is 4.90 Å². The van der Waals surface area contributed by atoms with E-state index in [1.807, 2.05) is 11.8 Å². The maximum atomic E-state index is 3.29. The van der Waals surface area contributed by atoms with Crippen LogP contribution < -0.4 is 10.6 Å². The molecule has 2 N–H and O–H groups in total. The summed E-state index contributed by atoms with van der Waals surface area (Å²) in [4.78, 5) is 1.33. The Morgan fingerprint density at radius 1 is 1.27 bits per heavy atom. The van der Waals surface area contributed by atoms with Crippen molar-refractivity contribution >= 4 is 17.4 Å². The van der Waals surface area contributed by atoms with Crippen molar-refractivity contribution < 1.29 is 0 Å².